The first-order valence-corrected chi connectivity index (χ1v) is 12.8. The van der Waals surface area contributed by atoms with E-state index in [1.165, 1.54) is 11.1 Å². The number of nitrogens with zero attached hydrogens (tertiary/aromatic N) is 3. The summed E-state index contributed by atoms with van der Waals surface area (Å²) in [5.41, 5.74) is 4.10. The van der Waals surface area contributed by atoms with Crippen molar-refractivity contribution in [2.24, 2.45) is 0 Å². The van der Waals surface area contributed by atoms with Crippen LogP contribution in [0.25, 0.3) is 16.6 Å². The molecule has 1 saturated heterocycles. The summed E-state index contributed by atoms with van der Waals surface area (Å²) in [5.74, 6) is 0.739. The van der Waals surface area contributed by atoms with Crippen LogP contribution < -0.4 is 5.56 Å². The molecule has 5 rings (SSSR count). The lowest BCUT2D eigenvalue weighted by Crippen LogP contribution is -2.43. The second-order valence-corrected chi connectivity index (χ2v) is 9.58. The van der Waals surface area contributed by atoms with E-state index >= 15 is 0 Å². The van der Waals surface area contributed by atoms with E-state index in [1.807, 2.05) is 42.5 Å². The summed E-state index contributed by atoms with van der Waals surface area (Å²) in [7, 11) is 0. The first-order chi connectivity index (χ1) is 16.7. The van der Waals surface area contributed by atoms with Crippen LogP contribution in [0.1, 0.15) is 18.1 Å². The van der Waals surface area contributed by atoms with Gasteiger partial charge in [-0.15, -0.1) is 0 Å². The van der Waals surface area contributed by atoms with Crippen molar-refractivity contribution >= 4 is 22.7 Å². The van der Waals surface area contributed by atoms with Crippen LogP contribution in [-0.4, -0.2) is 46.0 Å². The van der Waals surface area contributed by atoms with Crippen LogP contribution in [0.4, 0.5) is 0 Å². The minimum absolute atomic E-state index is 0.0346. The Morgan fingerprint density at radius 3 is 2.53 bits per heavy atom. The van der Waals surface area contributed by atoms with Crippen molar-refractivity contribution in [2.45, 2.75) is 31.1 Å². The highest BCUT2D eigenvalue weighted by atomic mass is 32.2. The molecule has 4 aromatic rings. The summed E-state index contributed by atoms with van der Waals surface area (Å²) in [6, 6.07) is 26.3. The third kappa shape index (κ3) is 5.09. The molecular formula is C28H29N3O2S. The van der Waals surface area contributed by atoms with E-state index < -0.39 is 0 Å². The van der Waals surface area contributed by atoms with Gasteiger partial charge in [0.05, 0.1) is 29.3 Å². The zero-order valence-electron chi connectivity index (χ0n) is 19.4. The number of ether oxygens (including phenoxy) is 1. The van der Waals surface area contributed by atoms with Crippen molar-refractivity contribution in [1.29, 1.82) is 0 Å². The van der Waals surface area contributed by atoms with Crippen LogP contribution in [0.5, 0.6) is 0 Å². The first kappa shape index (κ1) is 22.8. The highest BCUT2D eigenvalue weighted by Gasteiger charge is 2.22. The molecule has 0 N–H and O–H groups in total. The summed E-state index contributed by atoms with van der Waals surface area (Å²) in [5, 5.41) is 1.34. The van der Waals surface area contributed by atoms with Crippen molar-refractivity contribution < 1.29 is 4.74 Å². The molecule has 34 heavy (non-hydrogen) atoms. The Morgan fingerprint density at radius 1 is 0.971 bits per heavy atom. The van der Waals surface area contributed by atoms with E-state index in [0.29, 0.717) is 17.1 Å². The highest BCUT2D eigenvalue weighted by Crippen LogP contribution is 2.24. The largest absolute Gasteiger partial charge is 0.375 e. The van der Waals surface area contributed by atoms with Gasteiger partial charge in [-0.25, -0.2) is 4.98 Å². The summed E-state index contributed by atoms with van der Waals surface area (Å²) in [6.45, 7) is 5.57. The van der Waals surface area contributed by atoms with Crippen molar-refractivity contribution in [3.05, 3.63) is 100 Å². The maximum Gasteiger partial charge on any atom is 0.266 e. The fraction of sp³-hybridized carbons (Fsp3) is 0.286. The van der Waals surface area contributed by atoms with Gasteiger partial charge >= 0.3 is 0 Å². The predicted octanol–water partition coefficient (Wildman–Crippen LogP) is 4.94. The number of morpholine rings is 1. The van der Waals surface area contributed by atoms with Gasteiger partial charge in [0.15, 0.2) is 5.16 Å². The van der Waals surface area contributed by atoms with Gasteiger partial charge in [-0.05, 0) is 41.8 Å². The molecule has 0 saturated carbocycles. The van der Waals surface area contributed by atoms with Crippen LogP contribution in [0.2, 0.25) is 0 Å². The smallest absolute Gasteiger partial charge is 0.266 e. The number of benzene rings is 3. The number of thioether (sulfide) groups is 1. The number of fused-ring (bicyclic) bond motifs is 1. The second-order valence-electron chi connectivity index (χ2n) is 8.60. The van der Waals surface area contributed by atoms with Gasteiger partial charge in [0, 0.05) is 25.4 Å². The maximum absolute atomic E-state index is 13.5. The number of aryl methyl sites for hydroxylation is 1. The number of rotatable bonds is 7. The molecule has 5 nitrogen and oxygen atoms in total. The molecule has 174 valence electrons. The van der Waals surface area contributed by atoms with Crippen molar-refractivity contribution in [3.63, 3.8) is 0 Å². The normalized spacial score (nSPS) is 16.7. The average molecular weight is 472 g/mol. The van der Waals surface area contributed by atoms with Gasteiger partial charge in [0.25, 0.3) is 5.56 Å². The molecule has 0 aliphatic carbocycles. The van der Waals surface area contributed by atoms with Crippen LogP contribution in [0.3, 0.4) is 0 Å². The number of para-hydroxylation sites is 1. The molecular weight excluding hydrogens is 442 g/mol. The van der Waals surface area contributed by atoms with Gasteiger partial charge in [-0.2, -0.15) is 0 Å². The molecule has 1 aliphatic heterocycles. The van der Waals surface area contributed by atoms with Crippen molar-refractivity contribution in [3.8, 4) is 5.69 Å². The molecule has 1 aliphatic rings. The molecule has 1 fully saturated rings. The average Bonchev–Trinajstić information content (AvgIpc) is 2.89. The van der Waals surface area contributed by atoms with Crippen LogP contribution in [0, 0.1) is 0 Å². The molecule has 1 aromatic heterocycles. The van der Waals surface area contributed by atoms with E-state index in [-0.39, 0.29) is 11.7 Å². The lowest BCUT2D eigenvalue weighted by atomic mass is 10.1. The molecule has 6 heteroatoms. The predicted molar refractivity (Wildman–Crippen MR) is 139 cm³/mol. The summed E-state index contributed by atoms with van der Waals surface area (Å²) in [6.07, 6.45) is 1.05. The van der Waals surface area contributed by atoms with Gasteiger partial charge in [-0.1, -0.05) is 73.3 Å². The van der Waals surface area contributed by atoms with E-state index in [0.717, 1.165) is 43.0 Å². The molecule has 0 radical (unpaired) electrons. The monoisotopic (exact) mass is 471 g/mol. The molecule has 0 bridgehead atoms. The van der Waals surface area contributed by atoms with Gasteiger partial charge in [-0.3, -0.25) is 14.3 Å². The number of hydrogen-bond acceptors (Lipinski definition) is 5. The molecule has 1 unspecified atom stereocenters. The Bertz CT molecular complexity index is 1310. The van der Waals surface area contributed by atoms with E-state index in [4.69, 9.17) is 9.72 Å². The molecule has 3 aromatic carbocycles. The Hall–Kier alpha value is -2.93. The van der Waals surface area contributed by atoms with Crippen molar-refractivity contribution in [1.82, 2.24) is 14.5 Å². The van der Waals surface area contributed by atoms with Gasteiger partial charge < -0.3 is 4.74 Å². The van der Waals surface area contributed by atoms with E-state index in [9.17, 15) is 4.79 Å². The van der Waals surface area contributed by atoms with Crippen LogP contribution in [0.15, 0.2) is 88.8 Å². The fourth-order valence-corrected chi connectivity index (χ4v) is 5.37. The Morgan fingerprint density at radius 2 is 1.74 bits per heavy atom. The Kier molecular flexibility index (Phi) is 7.09. The zero-order chi connectivity index (χ0) is 23.3. The lowest BCUT2D eigenvalue weighted by Gasteiger charge is -2.32. The summed E-state index contributed by atoms with van der Waals surface area (Å²) >= 11 is 1.60. The topological polar surface area (TPSA) is 47.4 Å². The van der Waals surface area contributed by atoms with Gasteiger partial charge in [0.1, 0.15) is 0 Å². The molecule has 2 heterocycles. The van der Waals surface area contributed by atoms with E-state index in [2.05, 4.69) is 48.2 Å². The standard InChI is InChI=1S/C28H29N3O2S/c1-2-21-12-14-23(15-13-21)31-27(32)25-10-6-7-11-26(25)29-28(31)34-20-24-19-30(16-17-33-24)18-22-8-4-3-5-9-22/h3-15,24H,2,16-20H2,1H3. The summed E-state index contributed by atoms with van der Waals surface area (Å²) in [4.78, 5) is 20.8. The summed E-state index contributed by atoms with van der Waals surface area (Å²) < 4.78 is 7.83. The zero-order valence-corrected chi connectivity index (χ0v) is 20.2. The first-order valence-electron chi connectivity index (χ1n) is 11.8. The molecule has 1 atom stereocenters. The van der Waals surface area contributed by atoms with Gasteiger partial charge in [0.2, 0.25) is 0 Å². The van der Waals surface area contributed by atoms with Crippen LogP contribution in [-0.2, 0) is 17.7 Å². The Labute approximate surface area is 204 Å². The fourth-order valence-electron chi connectivity index (χ4n) is 4.35. The number of hydrogen-bond donors (Lipinski definition) is 0. The van der Waals surface area contributed by atoms with E-state index in [1.54, 1.807) is 16.3 Å². The van der Waals surface area contributed by atoms with Crippen LogP contribution >= 0.6 is 11.8 Å². The maximum atomic E-state index is 13.5. The lowest BCUT2D eigenvalue weighted by molar-refractivity contribution is -0.0187. The molecule has 0 amide bonds. The number of aromatic nitrogens is 2. The second kappa shape index (κ2) is 10.6. The minimum Gasteiger partial charge on any atom is -0.375 e. The van der Waals surface area contributed by atoms with Crippen molar-refractivity contribution in [2.75, 3.05) is 25.4 Å². The highest BCUT2D eigenvalue weighted by molar-refractivity contribution is 7.99. The SMILES string of the molecule is CCc1ccc(-n2c(SCC3CN(Cc4ccccc4)CCO3)nc3ccccc3c2=O)cc1. The molecule has 0 spiro atoms. The quantitative estimate of drug-likeness (QED) is 0.282. The third-order valence-corrected chi connectivity index (χ3v) is 7.29. The minimum atomic E-state index is -0.0346. The Balaban J connectivity index is 1.38. The third-order valence-electron chi connectivity index (χ3n) is 6.22.